The minimum absolute atomic E-state index is 0.119. The summed E-state index contributed by atoms with van der Waals surface area (Å²) >= 11 is 0. The predicted molar refractivity (Wildman–Crippen MR) is 72.0 cm³/mol. The van der Waals surface area contributed by atoms with E-state index in [4.69, 9.17) is 15.6 Å². The Morgan fingerprint density at radius 1 is 1.35 bits per heavy atom. The molecule has 2 unspecified atom stereocenters. The van der Waals surface area contributed by atoms with Crippen LogP contribution in [0.25, 0.3) is 0 Å². The standard InChI is InChI=1S/C14H18N2O4/c15-11(6-9-4-2-1-3-5-9)13(17)16-12-8-20-7-10(12)14(18)19/h1-5,10-12H,6-8,15H2,(H,16,17)(H,18,19)/t10?,11-,12?/m1/s1. The average Bonchev–Trinajstić information content (AvgIpc) is 2.88. The van der Waals surface area contributed by atoms with Gasteiger partial charge in [0.15, 0.2) is 0 Å². The maximum absolute atomic E-state index is 12.0. The van der Waals surface area contributed by atoms with Crippen molar-refractivity contribution in [2.75, 3.05) is 13.2 Å². The molecule has 0 radical (unpaired) electrons. The van der Waals surface area contributed by atoms with Crippen LogP contribution in [0.4, 0.5) is 0 Å². The van der Waals surface area contributed by atoms with Crippen molar-refractivity contribution in [3.05, 3.63) is 35.9 Å². The Hall–Kier alpha value is -1.92. The molecule has 0 aromatic heterocycles. The molecule has 3 atom stereocenters. The van der Waals surface area contributed by atoms with Gasteiger partial charge >= 0.3 is 5.97 Å². The van der Waals surface area contributed by atoms with Crippen molar-refractivity contribution in [2.24, 2.45) is 11.7 Å². The molecule has 1 heterocycles. The number of carboxylic acid groups (broad SMARTS) is 1. The molecule has 6 nitrogen and oxygen atoms in total. The van der Waals surface area contributed by atoms with E-state index < -0.39 is 24.0 Å². The van der Waals surface area contributed by atoms with Crippen LogP contribution in [0.3, 0.4) is 0 Å². The number of carbonyl (C=O) groups excluding carboxylic acids is 1. The molecule has 1 aliphatic rings. The van der Waals surface area contributed by atoms with E-state index in [0.29, 0.717) is 6.42 Å². The van der Waals surface area contributed by atoms with Gasteiger partial charge < -0.3 is 20.9 Å². The van der Waals surface area contributed by atoms with Gasteiger partial charge in [0.2, 0.25) is 5.91 Å². The zero-order valence-electron chi connectivity index (χ0n) is 11.0. The number of benzene rings is 1. The lowest BCUT2D eigenvalue weighted by atomic mass is 10.0. The van der Waals surface area contributed by atoms with Crippen molar-refractivity contribution in [3.63, 3.8) is 0 Å². The van der Waals surface area contributed by atoms with Crippen molar-refractivity contribution in [3.8, 4) is 0 Å². The fraction of sp³-hybridized carbons (Fsp3) is 0.429. The molecule has 0 saturated carbocycles. The number of ether oxygens (including phenoxy) is 1. The van der Waals surface area contributed by atoms with Gasteiger partial charge in [-0.1, -0.05) is 30.3 Å². The number of nitrogens with two attached hydrogens (primary N) is 1. The topological polar surface area (TPSA) is 102 Å². The first-order valence-corrected chi connectivity index (χ1v) is 6.48. The van der Waals surface area contributed by atoms with Crippen LogP contribution >= 0.6 is 0 Å². The summed E-state index contributed by atoms with van der Waals surface area (Å²) < 4.78 is 5.09. The molecule has 1 aliphatic heterocycles. The third-order valence-corrected chi connectivity index (χ3v) is 3.36. The molecular formula is C14H18N2O4. The Morgan fingerprint density at radius 3 is 2.70 bits per heavy atom. The van der Waals surface area contributed by atoms with E-state index in [-0.39, 0.29) is 19.1 Å². The van der Waals surface area contributed by atoms with E-state index in [9.17, 15) is 9.59 Å². The lowest BCUT2D eigenvalue weighted by molar-refractivity contribution is -0.142. The van der Waals surface area contributed by atoms with Crippen LogP contribution in [0, 0.1) is 5.92 Å². The Kier molecular flexibility index (Phi) is 4.70. The molecule has 0 aliphatic carbocycles. The first-order valence-electron chi connectivity index (χ1n) is 6.48. The molecule has 0 spiro atoms. The number of hydrogen-bond acceptors (Lipinski definition) is 4. The highest BCUT2D eigenvalue weighted by molar-refractivity contribution is 5.83. The maximum Gasteiger partial charge on any atom is 0.311 e. The summed E-state index contributed by atoms with van der Waals surface area (Å²) in [5.74, 6) is -2.03. The molecule has 1 aromatic carbocycles. The van der Waals surface area contributed by atoms with Gasteiger partial charge in [0.05, 0.1) is 25.3 Å². The highest BCUT2D eigenvalue weighted by Gasteiger charge is 2.35. The third kappa shape index (κ3) is 3.55. The second kappa shape index (κ2) is 6.49. The molecule has 6 heteroatoms. The predicted octanol–water partition coefficient (Wildman–Crippen LogP) is -0.228. The lowest BCUT2D eigenvalue weighted by Gasteiger charge is -2.18. The van der Waals surface area contributed by atoms with E-state index in [0.717, 1.165) is 5.56 Å². The van der Waals surface area contributed by atoms with Crippen LogP contribution in [0.15, 0.2) is 30.3 Å². The molecule has 0 bridgehead atoms. The molecule has 1 amide bonds. The van der Waals surface area contributed by atoms with Crippen molar-refractivity contribution < 1.29 is 19.4 Å². The van der Waals surface area contributed by atoms with Crippen LogP contribution < -0.4 is 11.1 Å². The van der Waals surface area contributed by atoms with Gasteiger partial charge in [0, 0.05) is 0 Å². The molecule has 4 N–H and O–H groups in total. The SMILES string of the molecule is N[C@H](Cc1ccccc1)C(=O)NC1COCC1C(=O)O. The molecule has 1 aromatic rings. The van der Waals surface area contributed by atoms with Crippen molar-refractivity contribution in [2.45, 2.75) is 18.5 Å². The van der Waals surface area contributed by atoms with E-state index in [1.807, 2.05) is 30.3 Å². The first-order chi connectivity index (χ1) is 9.58. The summed E-state index contributed by atoms with van der Waals surface area (Å²) in [5, 5.41) is 11.7. The highest BCUT2D eigenvalue weighted by Crippen LogP contribution is 2.14. The van der Waals surface area contributed by atoms with E-state index in [1.165, 1.54) is 0 Å². The van der Waals surface area contributed by atoms with Crippen LogP contribution in [0.2, 0.25) is 0 Å². The maximum atomic E-state index is 12.0. The summed E-state index contributed by atoms with van der Waals surface area (Å²) in [6, 6.07) is 8.23. The lowest BCUT2D eigenvalue weighted by Crippen LogP contribution is -2.50. The fourth-order valence-corrected chi connectivity index (χ4v) is 2.19. The summed E-state index contributed by atoms with van der Waals surface area (Å²) in [4.78, 5) is 23.0. The second-order valence-corrected chi connectivity index (χ2v) is 4.89. The Labute approximate surface area is 116 Å². The molecule has 2 rings (SSSR count). The summed E-state index contributed by atoms with van der Waals surface area (Å²) in [6.07, 6.45) is 0.415. The first kappa shape index (κ1) is 14.5. The van der Waals surface area contributed by atoms with Gasteiger partial charge in [0.25, 0.3) is 0 Å². The van der Waals surface area contributed by atoms with E-state index in [2.05, 4.69) is 5.32 Å². The zero-order valence-corrected chi connectivity index (χ0v) is 11.0. The van der Waals surface area contributed by atoms with Gasteiger partial charge in [0.1, 0.15) is 5.92 Å². The second-order valence-electron chi connectivity index (χ2n) is 4.89. The number of carbonyl (C=O) groups is 2. The highest BCUT2D eigenvalue weighted by atomic mass is 16.5. The largest absolute Gasteiger partial charge is 0.481 e. The summed E-state index contributed by atoms with van der Waals surface area (Å²) in [5.41, 5.74) is 6.81. The van der Waals surface area contributed by atoms with Crippen LogP contribution in [0.5, 0.6) is 0 Å². The van der Waals surface area contributed by atoms with Crippen LogP contribution in [0.1, 0.15) is 5.56 Å². The minimum Gasteiger partial charge on any atom is -0.481 e. The average molecular weight is 278 g/mol. The number of nitrogens with one attached hydrogen (secondary N) is 1. The smallest absolute Gasteiger partial charge is 0.311 e. The summed E-state index contributed by atoms with van der Waals surface area (Å²) in [6.45, 7) is 0.328. The van der Waals surface area contributed by atoms with Crippen molar-refractivity contribution in [1.29, 1.82) is 0 Å². The van der Waals surface area contributed by atoms with Gasteiger partial charge in [-0.15, -0.1) is 0 Å². The third-order valence-electron chi connectivity index (χ3n) is 3.36. The van der Waals surface area contributed by atoms with E-state index >= 15 is 0 Å². The minimum atomic E-state index is -0.968. The number of hydrogen-bond donors (Lipinski definition) is 3. The normalized spacial score (nSPS) is 23.2. The van der Waals surface area contributed by atoms with Crippen molar-refractivity contribution in [1.82, 2.24) is 5.32 Å². The molecular weight excluding hydrogens is 260 g/mol. The number of amides is 1. The number of carboxylic acids is 1. The van der Waals surface area contributed by atoms with Gasteiger partial charge in [-0.2, -0.15) is 0 Å². The van der Waals surface area contributed by atoms with E-state index in [1.54, 1.807) is 0 Å². The van der Waals surface area contributed by atoms with Crippen LogP contribution in [-0.4, -0.2) is 42.3 Å². The molecule has 20 heavy (non-hydrogen) atoms. The number of rotatable bonds is 5. The Balaban J connectivity index is 1.89. The Bertz CT molecular complexity index is 477. The summed E-state index contributed by atoms with van der Waals surface area (Å²) in [7, 11) is 0. The molecule has 1 saturated heterocycles. The quantitative estimate of drug-likeness (QED) is 0.690. The van der Waals surface area contributed by atoms with Gasteiger partial charge in [-0.25, -0.2) is 0 Å². The van der Waals surface area contributed by atoms with Gasteiger partial charge in [-0.3, -0.25) is 9.59 Å². The molecule has 1 fully saturated rings. The molecule has 108 valence electrons. The number of aliphatic carboxylic acids is 1. The Morgan fingerprint density at radius 2 is 2.05 bits per heavy atom. The van der Waals surface area contributed by atoms with Crippen molar-refractivity contribution >= 4 is 11.9 Å². The fourth-order valence-electron chi connectivity index (χ4n) is 2.19. The van der Waals surface area contributed by atoms with Crippen LogP contribution in [-0.2, 0) is 20.7 Å². The zero-order chi connectivity index (χ0) is 14.5. The van der Waals surface area contributed by atoms with Gasteiger partial charge in [-0.05, 0) is 12.0 Å². The monoisotopic (exact) mass is 278 g/mol.